The van der Waals surface area contributed by atoms with E-state index in [1.54, 1.807) is 13.8 Å². The molecule has 0 aliphatic carbocycles. The summed E-state index contributed by atoms with van der Waals surface area (Å²) in [5, 5.41) is 11.5. The predicted molar refractivity (Wildman–Crippen MR) is 76.8 cm³/mol. The van der Waals surface area contributed by atoms with Crippen molar-refractivity contribution in [2.45, 2.75) is 26.3 Å². The van der Waals surface area contributed by atoms with E-state index in [1.165, 1.54) is 16.7 Å². The number of esters is 1. The number of nitrogens with one attached hydrogen (secondary N) is 1. The van der Waals surface area contributed by atoms with E-state index in [0.29, 0.717) is 18.7 Å². The molecule has 0 saturated heterocycles. The van der Waals surface area contributed by atoms with Crippen molar-refractivity contribution in [1.29, 1.82) is 0 Å². The highest BCUT2D eigenvalue weighted by atomic mass is 32.2. The molecule has 0 fully saturated rings. The van der Waals surface area contributed by atoms with E-state index in [-0.39, 0.29) is 13.2 Å². The van der Waals surface area contributed by atoms with Crippen LogP contribution in [0.5, 0.6) is 0 Å². The Morgan fingerprint density at radius 1 is 1.35 bits per heavy atom. The molecule has 1 atom stereocenters. The number of carboxylic acid groups (broad SMARTS) is 1. The number of hydrogen-bond donors (Lipinski definition) is 2. The fourth-order valence-electron chi connectivity index (χ4n) is 1.42. The molecule has 2 N–H and O–H groups in total. The van der Waals surface area contributed by atoms with Gasteiger partial charge in [0, 0.05) is 6.54 Å². The van der Waals surface area contributed by atoms with Gasteiger partial charge in [-0.15, -0.1) is 0 Å². The molecule has 20 heavy (non-hydrogen) atoms. The van der Waals surface area contributed by atoms with Gasteiger partial charge in [-0.1, -0.05) is 0 Å². The third-order valence-electron chi connectivity index (χ3n) is 2.50. The van der Waals surface area contributed by atoms with E-state index in [9.17, 15) is 14.4 Å². The molecule has 7 nitrogen and oxygen atoms in total. The fraction of sp³-hybridized carbons (Fsp3) is 0.750. The number of carboxylic acids is 1. The van der Waals surface area contributed by atoms with Crippen molar-refractivity contribution in [3.63, 3.8) is 0 Å². The molecule has 0 saturated carbocycles. The van der Waals surface area contributed by atoms with Crippen molar-refractivity contribution < 1.29 is 24.2 Å². The van der Waals surface area contributed by atoms with Gasteiger partial charge in [0.2, 0.25) is 0 Å². The number of carbonyl (C=O) groups excluding carboxylic acids is 2. The molecular weight excluding hydrogens is 284 g/mol. The Kier molecular flexibility index (Phi) is 9.61. The van der Waals surface area contributed by atoms with Gasteiger partial charge in [0.05, 0.1) is 6.61 Å². The highest BCUT2D eigenvalue weighted by Crippen LogP contribution is 2.02. The molecule has 0 aromatic rings. The van der Waals surface area contributed by atoms with Crippen LogP contribution in [-0.4, -0.2) is 65.7 Å². The van der Waals surface area contributed by atoms with E-state index >= 15 is 0 Å². The number of hydrogen-bond acceptors (Lipinski definition) is 5. The van der Waals surface area contributed by atoms with Gasteiger partial charge in [-0.25, -0.2) is 9.59 Å². The number of thioether (sulfide) groups is 1. The lowest BCUT2D eigenvalue weighted by Crippen LogP contribution is -2.49. The molecule has 0 rings (SSSR count). The fourth-order valence-corrected chi connectivity index (χ4v) is 1.89. The van der Waals surface area contributed by atoms with Crippen molar-refractivity contribution in [1.82, 2.24) is 10.2 Å². The van der Waals surface area contributed by atoms with Crippen molar-refractivity contribution >= 4 is 29.7 Å². The molecule has 0 aliphatic heterocycles. The van der Waals surface area contributed by atoms with Crippen LogP contribution in [0.25, 0.3) is 0 Å². The third kappa shape index (κ3) is 7.22. The van der Waals surface area contributed by atoms with Crippen LogP contribution in [0, 0.1) is 0 Å². The topological polar surface area (TPSA) is 95.9 Å². The number of urea groups is 1. The molecule has 0 aromatic carbocycles. The first-order chi connectivity index (χ1) is 9.46. The minimum atomic E-state index is -1.08. The van der Waals surface area contributed by atoms with Gasteiger partial charge in [0.15, 0.2) is 0 Å². The first kappa shape index (κ1) is 18.6. The average molecular weight is 306 g/mol. The maximum atomic E-state index is 11.9. The number of rotatable bonds is 9. The van der Waals surface area contributed by atoms with Crippen LogP contribution in [-0.2, 0) is 14.3 Å². The molecule has 8 heteroatoms. The number of likely N-dealkylation sites (N-methyl/N-ethyl adjacent to an activating group) is 1. The summed E-state index contributed by atoms with van der Waals surface area (Å²) in [5.74, 6) is -0.971. The Bertz CT molecular complexity index is 338. The predicted octanol–water partition coefficient (Wildman–Crippen LogP) is 0.787. The van der Waals surface area contributed by atoms with Gasteiger partial charge < -0.3 is 20.1 Å². The molecule has 0 bridgehead atoms. The van der Waals surface area contributed by atoms with Crippen LogP contribution in [0.15, 0.2) is 0 Å². The Morgan fingerprint density at radius 2 is 2.00 bits per heavy atom. The molecule has 116 valence electrons. The molecule has 0 aliphatic rings. The second-order valence-corrected chi connectivity index (χ2v) is 4.93. The second kappa shape index (κ2) is 10.4. The second-order valence-electron chi connectivity index (χ2n) is 3.94. The largest absolute Gasteiger partial charge is 0.480 e. The third-order valence-corrected chi connectivity index (χ3v) is 3.14. The van der Waals surface area contributed by atoms with Crippen LogP contribution in [0.1, 0.15) is 20.3 Å². The van der Waals surface area contributed by atoms with Crippen LogP contribution < -0.4 is 5.32 Å². The Hall–Kier alpha value is -1.44. The number of nitrogens with zero attached hydrogens (tertiary/aromatic N) is 1. The summed E-state index contributed by atoms with van der Waals surface area (Å²) in [6.07, 6.45) is 2.19. The molecule has 0 aromatic heterocycles. The lowest BCUT2D eigenvalue weighted by molar-refractivity contribution is -0.143. The number of amides is 2. The summed E-state index contributed by atoms with van der Waals surface area (Å²) in [6.45, 7) is 3.72. The Morgan fingerprint density at radius 3 is 2.45 bits per heavy atom. The monoisotopic (exact) mass is 306 g/mol. The summed E-state index contributed by atoms with van der Waals surface area (Å²) in [7, 11) is 0. The standard InChI is InChI=1S/C12H22N2O5S/c1-4-14(8-10(15)19-5-2)12(18)13-9(11(16)17)6-7-20-3/h9H,4-8H2,1-3H3,(H,13,18)(H,16,17)/t9-/m0/s1. The Balaban J connectivity index is 4.50. The summed E-state index contributed by atoms with van der Waals surface area (Å²) < 4.78 is 4.76. The van der Waals surface area contributed by atoms with Crippen molar-refractivity contribution in [3.8, 4) is 0 Å². The smallest absolute Gasteiger partial charge is 0.326 e. The first-order valence-corrected chi connectivity index (χ1v) is 7.78. The van der Waals surface area contributed by atoms with Crippen molar-refractivity contribution in [3.05, 3.63) is 0 Å². The molecule has 0 radical (unpaired) electrons. The molecular formula is C12H22N2O5S. The van der Waals surface area contributed by atoms with Crippen LogP contribution >= 0.6 is 11.8 Å². The van der Waals surface area contributed by atoms with Crippen LogP contribution in [0.3, 0.4) is 0 Å². The van der Waals surface area contributed by atoms with E-state index in [4.69, 9.17) is 9.84 Å². The highest BCUT2D eigenvalue weighted by molar-refractivity contribution is 7.98. The zero-order valence-electron chi connectivity index (χ0n) is 12.0. The minimum absolute atomic E-state index is 0.189. The van der Waals surface area contributed by atoms with Gasteiger partial charge in [0.25, 0.3) is 0 Å². The van der Waals surface area contributed by atoms with Crippen LogP contribution in [0.4, 0.5) is 4.79 Å². The summed E-state index contributed by atoms with van der Waals surface area (Å²) >= 11 is 1.50. The summed E-state index contributed by atoms with van der Waals surface area (Å²) in [5.41, 5.74) is 0. The minimum Gasteiger partial charge on any atom is -0.480 e. The number of aliphatic carboxylic acids is 1. The van der Waals surface area contributed by atoms with Gasteiger partial charge in [0.1, 0.15) is 12.6 Å². The maximum absolute atomic E-state index is 11.9. The zero-order chi connectivity index (χ0) is 15.5. The molecule has 0 unspecified atom stereocenters. The van der Waals surface area contributed by atoms with Crippen molar-refractivity contribution in [2.24, 2.45) is 0 Å². The highest BCUT2D eigenvalue weighted by Gasteiger charge is 2.23. The molecule has 0 heterocycles. The van der Waals surface area contributed by atoms with Gasteiger partial charge >= 0.3 is 18.0 Å². The van der Waals surface area contributed by atoms with Crippen LogP contribution in [0.2, 0.25) is 0 Å². The summed E-state index contributed by atoms with van der Waals surface area (Å²) in [4.78, 5) is 35.5. The number of ether oxygens (including phenoxy) is 1. The first-order valence-electron chi connectivity index (χ1n) is 6.39. The molecule has 2 amide bonds. The Labute approximate surface area is 123 Å². The van der Waals surface area contributed by atoms with Gasteiger partial charge in [-0.05, 0) is 32.3 Å². The summed E-state index contributed by atoms with van der Waals surface area (Å²) in [6, 6.07) is -1.53. The van der Waals surface area contributed by atoms with Gasteiger partial charge in [-0.2, -0.15) is 11.8 Å². The van der Waals surface area contributed by atoms with E-state index < -0.39 is 24.0 Å². The number of carbonyl (C=O) groups is 3. The quantitative estimate of drug-likeness (QED) is 0.611. The lowest BCUT2D eigenvalue weighted by atomic mass is 10.2. The van der Waals surface area contributed by atoms with Crippen molar-refractivity contribution in [2.75, 3.05) is 31.7 Å². The van der Waals surface area contributed by atoms with Gasteiger partial charge in [-0.3, -0.25) is 4.79 Å². The van der Waals surface area contributed by atoms with E-state index in [2.05, 4.69) is 5.32 Å². The maximum Gasteiger partial charge on any atom is 0.326 e. The average Bonchev–Trinajstić information content (AvgIpc) is 2.40. The van der Waals surface area contributed by atoms with E-state index in [1.807, 2.05) is 6.26 Å². The zero-order valence-corrected chi connectivity index (χ0v) is 12.9. The molecule has 0 spiro atoms. The normalized spacial score (nSPS) is 11.6. The SMILES string of the molecule is CCOC(=O)CN(CC)C(=O)N[C@@H](CCSC)C(=O)O. The van der Waals surface area contributed by atoms with E-state index in [0.717, 1.165) is 0 Å². The lowest BCUT2D eigenvalue weighted by Gasteiger charge is -2.23.